The van der Waals surface area contributed by atoms with Crippen molar-refractivity contribution < 1.29 is 22.7 Å². The van der Waals surface area contributed by atoms with E-state index in [4.69, 9.17) is 4.74 Å². The van der Waals surface area contributed by atoms with E-state index in [0.717, 1.165) is 18.4 Å². The summed E-state index contributed by atoms with van der Waals surface area (Å²) in [5, 5.41) is 0. The van der Waals surface area contributed by atoms with Crippen molar-refractivity contribution in [3.05, 3.63) is 29.3 Å². The van der Waals surface area contributed by atoms with Crippen LogP contribution in [-0.4, -0.2) is 79.9 Å². The first-order valence-corrected chi connectivity index (χ1v) is 13.1. The maximum absolute atomic E-state index is 13.4. The van der Waals surface area contributed by atoms with Crippen LogP contribution in [0.25, 0.3) is 0 Å². The van der Waals surface area contributed by atoms with Gasteiger partial charge in [0.25, 0.3) is 5.91 Å². The van der Waals surface area contributed by atoms with Gasteiger partial charge in [-0.05, 0) is 64.2 Å². The van der Waals surface area contributed by atoms with Gasteiger partial charge in [-0.25, -0.2) is 13.2 Å². The quantitative estimate of drug-likeness (QED) is 0.592. The van der Waals surface area contributed by atoms with Crippen molar-refractivity contribution in [2.45, 2.75) is 64.9 Å². The lowest BCUT2D eigenvalue weighted by Crippen LogP contribution is -2.45. The molecule has 0 radical (unpaired) electrons. The van der Waals surface area contributed by atoms with Crippen molar-refractivity contribution in [2.24, 2.45) is 5.92 Å². The first-order valence-electron chi connectivity index (χ1n) is 11.6. The van der Waals surface area contributed by atoms with E-state index in [1.165, 1.54) is 10.4 Å². The average Bonchev–Trinajstić information content (AvgIpc) is 2.73. The van der Waals surface area contributed by atoms with Gasteiger partial charge in [-0.1, -0.05) is 19.9 Å². The molecule has 9 heteroatoms. The molecule has 33 heavy (non-hydrogen) atoms. The van der Waals surface area contributed by atoms with Gasteiger partial charge in [0.15, 0.2) is 0 Å². The van der Waals surface area contributed by atoms with Crippen LogP contribution in [0.2, 0.25) is 0 Å². The standard InChI is InChI=1S/C24H39N3O5S/c1-8-27(9-2)33(30,31)20-13-12-18(3)21(15-20)22(28)26-14-10-11-19(17-26)16-25(7)23(29)32-24(4,5)6/h12-13,15,19H,8-11,14,16-17H2,1-7H3. The smallest absolute Gasteiger partial charge is 0.410 e. The third-order valence-electron chi connectivity index (χ3n) is 5.83. The highest BCUT2D eigenvalue weighted by atomic mass is 32.2. The minimum atomic E-state index is -3.65. The number of sulfonamides is 1. The number of carbonyl (C=O) groups is 2. The molecular formula is C24H39N3O5S. The van der Waals surface area contributed by atoms with E-state index in [-0.39, 0.29) is 22.8 Å². The summed E-state index contributed by atoms with van der Waals surface area (Å²) in [7, 11) is -1.94. The van der Waals surface area contributed by atoms with E-state index in [1.54, 1.807) is 42.8 Å². The number of carbonyl (C=O) groups excluding carboxylic acids is 2. The summed E-state index contributed by atoms with van der Waals surface area (Å²) in [6, 6.07) is 4.76. The normalized spacial score (nSPS) is 17.2. The molecule has 1 aromatic rings. The van der Waals surface area contributed by atoms with Crippen molar-refractivity contribution in [2.75, 3.05) is 39.8 Å². The number of amides is 2. The Hall–Kier alpha value is -2.13. The largest absolute Gasteiger partial charge is 0.444 e. The molecule has 8 nitrogen and oxygen atoms in total. The zero-order chi connectivity index (χ0) is 25.0. The van der Waals surface area contributed by atoms with E-state index in [0.29, 0.717) is 38.3 Å². The molecule has 1 fully saturated rings. The van der Waals surface area contributed by atoms with Crippen molar-refractivity contribution in [1.29, 1.82) is 0 Å². The molecule has 1 aromatic carbocycles. The van der Waals surface area contributed by atoms with Gasteiger partial charge in [0.05, 0.1) is 4.90 Å². The second-order valence-electron chi connectivity index (χ2n) is 9.69. The topological polar surface area (TPSA) is 87.2 Å². The van der Waals surface area contributed by atoms with Gasteiger partial charge in [-0.2, -0.15) is 4.31 Å². The fraction of sp³-hybridized carbons (Fsp3) is 0.667. The van der Waals surface area contributed by atoms with E-state index in [9.17, 15) is 18.0 Å². The molecule has 0 saturated carbocycles. The first kappa shape index (κ1) is 27.1. The van der Waals surface area contributed by atoms with Crippen molar-refractivity contribution >= 4 is 22.0 Å². The number of benzene rings is 1. The number of nitrogens with zero attached hydrogens (tertiary/aromatic N) is 3. The summed E-state index contributed by atoms with van der Waals surface area (Å²) in [6.07, 6.45) is 1.36. The van der Waals surface area contributed by atoms with E-state index >= 15 is 0 Å². The van der Waals surface area contributed by atoms with Crippen LogP contribution in [0.15, 0.2) is 23.1 Å². The fourth-order valence-corrected chi connectivity index (χ4v) is 5.56. The lowest BCUT2D eigenvalue weighted by Gasteiger charge is -2.35. The lowest BCUT2D eigenvalue weighted by molar-refractivity contribution is 0.0244. The maximum Gasteiger partial charge on any atom is 0.410 e. The lowest BCUT2D eigenvalue weighted by atomic mass is 9.96. The molecule has 1 heterocycles. The summed E-state index contributed by atoms with van der Waals surface area (Å²) >= 11 is 0. The highest BCUT2D eigenvalue weighted by molar-refractivity contribution is 7.89. The second kappa shape index (κ2) is 10.9. The Labute approximate surface area is 198 Å². The van der Waals surface area contributed by atoms with Gasteiger partial charge < -0.3 is 14.5 Å². The molecular weight excluding hydrogens is 442 g/mol. The molecule has 0 spiro atoms. The average molecular weight is 482 g/mol. The Kier molecular flexibility index (Phi) is 8.93. The zero-order valence-electron chi connectivity index (χ0n) is 21.1. The number of hydrogen-bond donors (Lipinski definition) is 0. The Morgan fingerprint density at radius 2 is 1.82 bits per heavy atom. The molecule has 1 aliphatic heterocycles. The molecule has 2 rings (SSSR count). The molecule has 186 valence electrons. The van der Waals surface area contributed by atoms with Gasteiger partial charge in [-0.15, -0.1) is 0 Å². The van der Waals surface area contributed by atoms with Crippen molar-refractivity contribution in [1.82, 2.24) is 14.1 Å². The van der Waals surface area contributed by atoms with E-state index < -0.39 is 15.6 Å². The molecule has 1 saturated heterocycles. The fourth-order valence-electron chi connectivity index (χ4n) is 4.08. The number of likely N-dealkylation sites (tertiary alicyclic amines) is 1. The Morgan fingerprint density at radius 1 is 1.18 bits per heavy atom. The minimum absolute atomic E-state index is 0.128. The molecule has 1 unspecified atom stereocenters. The van der Waals surface area contributed by atoms with Crippen LogP contribution in [0, 0.1) is 12.8 Å². The highest BCUT2D eigenvalue weighted by Crippen LogP contribution is 2.24. The molecule has 2 amide bonds. The summed E-state index contributed by atoms with van der Waals surface area (Å²) in [4.78, 5) is 29.2. The van der Waals surface area contributed by atoms with Gasteiger partial charge in [0.1, 0.15) is 5.60 Å². The van der Waals surface area contributed by atoms with Crippen LogP contribution >= 0.6 is 0 Å². The van der Waals surface area contributed by atoms with Crippen LogP contribution in [0.3, 0.4) is 0 Å². The van der Waals surface area contributed by atoms with Gasteiger partial charge in [-0.3, -0.25) is 4.79 Å². The van der Waals surface area contributed by atoms with Gasteiger partial charge >= 0.3 is 6.09 Å². The summed E-state index contributed by atoms with van der Waals surface area (Å²) in [5.74, 6) is -0.0446. The summed E-state index contributed by atoms with van der Waals surface area (Å²) < 4.78 is 32.7. The van der Waals surface area contributed by atoms with Crippen LogP contribution in [0.4, 0.5) is 4.79 Å². The van der Waals surface area contributed by atoms with E-state index in [2.05, 4.69) is 0 Å². The maximum atomic E-state index is 13.4. The monoisotopic (exact) mass is 481 g/mol. The van der Waals surface area contributed by atoms with Gasteiger partial charge in [0.2, 0.25) is 10.0 Å². The first-order chi connectivity index (χ1) is 15.3. The Balaban J connectivity index is 2.17. The summed E-state index contributed by atoms with van der Waals surface area (Å²) in [6.45, 7) is 13.3. The van der Waals surface area contributed by atoms with Crippen LogP contribution in [0.1, 0.15) is 63.4 Å². The zero-order valence-corrected chi connectivity index (χ0v) is 21.9. The molecule has 0 bridgehead atoms. The Bertz CT molecular complexity index is 951. The Morgan fingerprint density at radius 3 is 2.39 bits per heavy atom. The second-order valence-corrected chi connectivity index (χ2v) is 11.6. The SMILES string of the molecule is CCN(CC)S(=O)(=O)c1ccc(C)c(C(=O)N2CCCC(CN(C)C(=O)OC(C)(C)C)C2)c1. The van der Waals surface area contributed by atoms with E-state index in [1.807, 2.05) is 27.7 Å². The molecule has 1 atom stereocenters. The van der Waals surface area contributed by atoms with Crippen molar-refractivity contribution in [3.63, 3.8) is 0 Å². The molecule has 1 aliphatic rings. The third-order valence-corrected chi connectivity index (χ3v) is 7.87. The molecule has 0 aromatic heterocycles. The van der Waals surface area contributed by atoms with Gasteiger partial charge in [0, 0.05) is 45.3 Å². The molecule has 0 aliphatic carbocycles. The third kappa shape index (κ3) is 6.93. The van der Waals surface area contributed by atoms with Crippen LogP contribution < -0.4 is 0 Å². The van der Waals surface area contributed by atoms with Crippen molar-refractivity contribution in [3.8, 4) is 0 Å². The summed E-state index contributed by atoms with van der Waals surface area (Å²) in [5.41, 5.74) is 0.587. The number of aryl methyl sites for hydroxylation is 1. The highest BCUT2D eigenvalue weighted by Gasteiger charge is 2.30. The number of piperidine rings is 1. The van der Waals surface area contributed by atoms with Crippen LogP contribution in [0.5, 0.6) is 0 Å². The van der Waals surface area contributed by atoms with Crippen LogP contribution in [-0.2, 0) is 14.8 Å². The number of rotatable bonds is 7. The number of hydrogen-bond acceptors (Lipinski definition) is 5. The number of ether oxygens (including phenoxy) is 1. The minimum Gasteiger partial charge on any atom is -0.444 e. The molecule has 0 N–H and O–H groups in total. The predicted octanol–water partition coefficient (Wildman–Crippen LogP) is 3.74. The predicted molar refractivity (Wildman–Crippen MR) is 129 cm³/mol.